The van der Waals surface area contributed by atoms with Gasteiger partial charge in [-0.3, -0.25) is 0 Å². The molecule has 1 aliphatic carbocycles. The Morgan fingerprint density at radius 2 is 0.781 bits per heavy atom. The zero-order chi connectivity index (χ0) is 42.8. The standard InChI is InChI=1S/C60H41N3O/c1-60(2)52-24-10-9-22-49(52)50-32-30-44(36-53(50)60)43-19-12-21-46(35-43)58-61-57(41-28-26-40(27-29-41)38-14-5-3-6-15-38)62-59(63-58)47-31-33-51-55(37-47)64-54-25-13-23-48(56(51)54)45-20-11-18-42(34-45)39-16-7-4-8-17-39/h3-37H,1-2H3. The molecule has 0 aliphatic heterocycles. The van der Waals surface area contributed by atoms with Gasteiger partial charge in [0.25, 0.3) is 0 Å². The van der Waals surface area contributed by atoms with E-state index in [9.17, 15) is 0 Å². The van der Waals surface area contributed by atoms with Crippen LogP contribution in [-0.2, 0) is 5.41 Å². The number of hydrogen-bond acceptors (Lipinski definition) is 4. The Morgan fingerprint density at radius 3 is 1.53 bits per heavy atom. The molecule has 0 saturated carbocycles. The van der Waals surface area contributed by atoms with Crippen molar-refractivity contribution in [3.63, 3.8) is 0 Å². The molecule has 2 aromatic heterocycles. The largest absolute Gasteiger partial charge is 0.456 e. The average Bonchev–Trinajstić information content (AvgIpc) is 3.85. The molecule has 0 unspecified atom stereocenters. The van der Waals surface area contributed by atoms with Crippen LogP contribution >= 0.6 is 0 Å². The van der Waals surface area contributed by atoms with E-state index in [4.69, 9.17) is 19.4 Å². The summed E-state index contributed by atoms with van der Waals surface area (Å²) in [6, 6.07) is 75.0. The van der Waals surface area contributed by atoms with Gasteiger partial charge < -0.3 is 4.42 Å². The van der Waals surface area contributed by atoms with Crippen molar-refractivity contribution in [2.75, 3.05) is 0 Å². The lowest BCUT2D eigenvalue weighted by Gasteiger charge is -2.22. The van der Waals surface area contributed by atoms with Gasteiger partial charge >= 0.3 is 0 Å². The molecule has 9 aromatic carbocycles. The highest BCUT2D eigenvalue weighted by Crippen LogP contribution is 2.49. The number of benzene rings is 9. The third kappa shape index (κ3) is 6.42. The second-order valence-electron chi connectivity index (χ2n) is 17.2. The minimum Gasteiger partial charge on any atom is -0.456 e. The maximum Gasteiger partial charge on any atom is 0.164 e. The van der Waals surface area contributed by atoms with E-state index < -0.39 is 0 Å². The Morgan fingerprint density at radius 1 is 0.312 bits per heavy atom. The SMILES string of the molecule is CC1(C)c2ccccc2-c2ccc(-c3cccc(-c4nc(-c5ccc(-c6ccccc6)cc5)nc(-c5ccc6c(c5)oc5cccc(-c7cccc(-c8ccccc8)c7)c56)n4)c3)cc21. The summed E-state index contributed by atoms with van der Waals surface area (Å²) in [6.07, 6.45) is 0. The van der Waals surface area contributed by atoms with Crippen LogP contribution in [0.25, 0.3) is 112 Å². The Labute approximate surface area is 372 Å². The zero-order valence-electron chi connectivity index (χ0n) is 35.5. The zero-order valence-corrected chi connectivity index (χ0v) is 35.5. The van der Waals surface area contributed by atoms with Gasteiger partial charge in [0.1, 0.15) is 11.2 Å². The molecule has 0 bridgehead atoms. The molecule has 2 heterocycles. The van der Waals surface area contributed by atoms with E-state index in [2.05, 4.69) is 214 Å². The fraction of sp³-hybridized carbons (Fsp3) is 0.0500. The molecule has 302 valence electrons. The van der Waals surface area contributed by atoms with Crippen molar-refractivity contribution in [1.29, 1.82) is 0 Å². The first-order valence-electron chi connectivity index (χ1n) is 21.8. The van der Waals surface area contributed by atoms with Crippen molar-refractivity contribution in [3.05, 3.63) is 223 Å². The Bertz CT molecular complexity index is 3570. The molecular weight excluding hydrogens is 779 g/mol. The summed E-state index contributed by atoms with van der Waals surface area (Å²) in [5, 5.41) is 2.12. The van der Waals surface area contributed by atoms with Gasteiger partial charge in [0, 0.05) is 32.9 Å². The van der Waals surface area contributed by atoms with E-state index in [1.807, 2.05) is 12.1 Å². The lowest BCUT2D eigenvalue weighted by atomic mass is 9.81. The monoisotopic (exact) mass is 819 g/mol. The molecule has 0 atom stereocenters. The number of nitrogens with zero attached hydrogens (tertiary/aromatic N) is 3. The highest BCUT2D eigenvalue weighted by molar-refractivity contribution is 6.13. The van der Waals surface area contributed by atoms with Gasteiger partial charge in [-0.25, -0.2) is 15.0 Å². The molecular formula is C60H41N3O. The topological polar surface area (TPSA) is 51.8 Å². The third-order valence-electron chi connectivity index (χ3n) is 13.0. The highest BCUT2D eigenvalue weighted by atomic mass is 16.3. The van der Waals surface area contributed by atoms with Crippen LogP contribution in [0.2, 0.25) is 0 Å². The fourth-order valence-corrected chi connectivity index (χ4v) is 9.63. The molecule has 1 aliphatic rings. The summed E-state index contributed by atoms with van der Waals surface area (Å²) in [6.45, 7) is 4.65. The van der Waals surface area contributed by atoms with Crippen LogP contribution < -0.4 is 0 Å². The summed E-state index contributed by atoms with van der Waals surface area (Å²) in [4.78, 5) is 15.5. The van der Waals surface area contributed by atoms with Gasteiger partial charge in [0.05, 0.1) is 0 Å². The first-order chi connectivity index (χ1) is 31.4. The normalized spacial score (nSPS) is 12.7. The molecule has 0 fully saturated rings. The van der Waals surface area contributed by atoms with E-state index in [0.29, 0.717) is 17.5 Å². The van der Waals surface area contributed by atoms with Crippen molar-refractivity contribution in [3.8, 4) is 89.8 Å². The molecule has 11 aromatic rings. The van der Waals surface area contributed by atoms with E-state index in [1.165, 1.54) is 33.4 Å². The van der Waals surface area contributed by atoms with E-state index in [0.717, 1.165) is 72.0 Å². The van der Waals surface area contributed by atoms with Crippen molar-refractivity contribution < 1.29 is 4.42 Å². The number of fused-ring (bicyclic) bond motifs is 6. The van der Waals surface area contributed by atoms with Gasteiger partial charge in [-0.1, -0.05) is 190 Å². The molecule has 0 radical (unpaired) electrons. The summed E-state index contributed by atoms with van der Waals surface area (Å²) in [7, 11) is 0. The van der Waals surface area contributed by atoms with Crippen molar-refractivity contribution >= 4 is 21.9 Å². The predicted molar refractivity (Wildman–Crippen MR) is 263 cm³/mol. The van der Waals surface area contributed by atoms with Gasteiger partial charge in [-0.2, -0.15) is 0 Å². The number of furan rings is 1. The van der Waals surface area contributed by atoms with Gasteiger partial charge in [-0.05, 0) is 103 Å². The number of aromatic nitrogens is 3. The minimum atomic E-state index is -0.0937. The van der Waals surface area contributed by atoms with E-state index >= 15 is 0 Å². The highest BCUT2D eigenvalue weighted by Gasteiger charge is 2.35. The first-order valence-corrected chi connectivity index (χ1v) is 21.8. The van der Waals surface area contributed by atoms with Crippen LogP contribution in [0.5, 0.6) is 0 Å². The lowest BCUT2D eigenvalue weighted by molar-refractivity contribution is 0.660. The van der Waals surface area contributed by atoms with E-state index in [-0.39, 0.29) is 5.41 Å². The molecule has 4 heteroatoms. The molecule has 12 rings (SSSR count). The number of rotatable bonds is 7. The summed E-state index contributed by atoms with van der Waals surface area (Å²) >= 11 is 0. The molecule has 4 nitrogen and oxygen atoms in total. The molecule has 0 amide bonds. The van der Waals surface area contributed by atoms with Crippen LogP contribution in [0.1, 0.15) is 25.0 Å². The minimum absolute atomic E-state index is 0.0937. The first kappa shape index (κ1) is 37.5. The lowest BCUT2D eigenvalue weighted by Crippen LogP contribution is -2.14. The second kappa shape index (κ2) is 15.0. The Hall–Kier alpha value is -8.21. The predicted octanol–water partition coefficient (Wildman–Crippen LogP) is 15.7. The van der Waals surface area contributed by atoms with Crippen LogP contribution in [0.3, 0.4) is 0 Å². The van der Waals surface area contributed by atoms with Crippen LogP contribution in [0.15, 0.2) is 217 Å². The maximum absolute atomic E-state index is 6.64. The molecule has 0 saturated heterocycles. The Kier molecular flexibility index (Phi) is 8.80. The fourth-order valence-electron chi connectivity index (χ4n) is 9.63. The van der Waals surface area contributed by atoms with Crippen LogP contribution in [-0.4, -0.2) is 15.0 Å². The average molecular weight is 820 g/mol. The number of hydrogen-bond donors (Lipinski definition) is 0. The van der Waals surface area contributed by atoms with Crippen molar-refractivity contribution in [2.45, 2.75) is 19.3 Å². The molecule has 0 N–H and O–H groups in total. The molecule has 0 spiro atoms. The van der Waals surface area contributed by atoms with Crippen molar-refractivity contribution in [2.24, 2.45) is 0 Å². The van der Waals surface area contributed by atoms with Gasteiger partial charge in [0.2, 0.25) is 0 Å². The van der Waals surface area contributed by atoms with E-state index in [1.54, 1.807) is 0 Å². The molecule has 64 heavy (non-hydrogen) atoms. The smallest absolute Gasteiger partial charge is 0.164 e. The summed E-state index contributed by atoms with van der Waals surface area (Å²) in [5.41, 5.74) is 18.7. The van der Waals surface area contributed by atoms with Crippen molar-refractivity contribution in [1.82, 2.24) is 15.0 Å². The van der Waals surface area contributed by atoms with Crippen LogP contribution in [0.4, 0.5) is 0 Å². The quantitative estimate of drug-likeness (QED) is 0.161. The van der Waals surface area contributed by atoms with Gasteiger partial charge in [0.15, 0.2) is 17.5 Å². The van der Waals surface area contributed by atoms with Gasteiger partial charge in [-0.15, -0.1) is 0 Å². The van der Waals surface area contributed by atoms with Crippen LogP contribution in [0, 0.1) is 0 Å². The maximum atomic E-state index is 6.64. The third-order valence-corrected chi connectivity index (χ3v) is 13.0. The Balaban J connectivity index is 0.964. The summed E-state index contributed by atoms with van der Waals surface area (Å²) < 4.78 is 6.64. The second-order valence-corrected chi connectivity index (χ2v) is 17.2. The summed E-state index contributed by atoms with van der Waals surface area (Å²) in [5.74, 6) is 1.79.